The molecule has 3 rings (SSSR count). The maximum absolute atomic E-state index is 12.4. The third-order valence-corrected chi connectivity index (χ3v) is 4.53. The number of thiazole rings is 1. The Morgan fingerprint density at radius 1 is 1.23 bits per heavy atom. The van der Waals surface area contributed by atoms with Gasteiger partial charge >= 0.3 is 0 Å². The van der Waals surface area contributed by atoms with Gasteiger partial charge in [0.05, 0.1) is 13.7 Å². The molecular weight excluding hydrogens is 354 g/mol. The molecule has 0 saturated heterocycles. The normalized spacial score (nSPS) is 10.6. The standard InChI is InChI=1S/C18H19N3O4S/c1-12-11-26-17(19-12)8-21(2)18(22)15-9-25-16(20-15)10-24-14-6-4-13(23-3)5-7-14/h4-7,9,11H,8,10H2,1-3H3. The van der Waals surface area contributed by atoms with Gasteiger partial charge in [0, 0.05) is 18.1 Å². The highest BCUT2D eigenvalue weighted by Gasteiger charge is 2.18. The molecule has 26 heavy (non-hydrogen) atoms. The highest BCUT2D eigenvalue weighted by Crippen LogP contribution is 2.18. The van der Waals surface area contributed by atoms with Crippen LogP contribution in [0.4, 0.5) is 0 Å². The minimum Gasteiger partial charge on any atom is -0.497 e. The Morgan fingerprint density at radius 3 is 2.62 bits per heavy atom. The fraction of sp³-hybridized carbons (Fsp3) is 0.278. The summed E-state index contributed by atoms with van der Waals surface area (Å²) in [6.07, 6.45) is 1.35. The number of nitrogens with zero attached hydrogens (tertiary/aromatic N) is 3. The highest BCUT2D eigenvalue weighted by atomic mass is 32.1. The first kappa shape index (κ1) is 17.9. The average molecular weight is 373 g/mol. The van der Waals surface area contributed by atoms with Crippen molar-refractivity contribution in [3.8, 4) is 11.5 Å². The molecule has 8 heteroatoms. The molecular formula is C18H19N3O4S. The third-order valence-electron chi connectivity index (χ3n) is 3.58. The lowest BCUT2D eigenvalue weighted by Gasteiger charge is -2.13. The molecule has 0 aliphatic carbocycles. The van der Waals surface area contributed by atoms with E-state index in [4.69, 9.17) is 13.9 Å². The van der Waals surface area contributed by atoms with Crippen LogP contribution in [-0.2, 0) is 13.2 Å². The quantitative estimate of drug-likeness (QED) is 0.632. The van der Waals surface area contributed by atoms with Gasteiger partial charge in [0.1, 0.15) is 22.8 Å². The largest absolute Gasteiger partial charge is 0.497 e. The van der Waals surface area contributed by atoms with Gasteiger partial charge in [-0.25, -0.2) is 9.97 Å². The van der Waals surface area contributed by atoms with Crippen molar-refractivity contribution >= 4 is 17.2 Å². The molecule has 0 aliphatic rings. The Kier molecular flexibility index (Phi) is 5.52. The zero-order valence-corrected chi connectivity index (χ0v) is 15.6. The van der Waals surface area contributed by atoms with Gasteiger partial charge in [-0.3, -0.25) is 4.79 Å². The predicted molar refractivity (Wildman–Crippen MR) is 96.5 cm³/mol. The van der Waals surface area contributed by atoms with Crippen molar-refractivity contribution in [1.82, 2.24) is 14.9 Å². The van der Waals surface area contributed by atoms with Gasteiger partial charge in [0.2, 0.25) is 5.89 Å². The van der Waals surface area contributed by atoms with Crippen molar-refractivity contribution in [3.63, 3.8) is 0 Å². The Morgan fingerprint density at radius 2 is 1.96 bits per heavy atom. The summed E-state index contributed by atoms with van der Waals surface area (Å²) < 4.78 is 16.0. The zero-order chi connectivity index (χ0) is 18.5. The summed E-state index contributed by atoms with van der Waals surface area (Å²) >= 11 is 1.53. The van der Waals surface area contributed by atoms with Gasteiger partial charge in [0.15, 0.2) is 12.3 Å². The molecule has 7 nitrogen and oxygen atoms in total. The van der Waals surface area contributed by atoms with E-state index in [1.54, 1.807) is 43.3 Å². The molecule has 0 N–H and O–H groups in total. The van der Waals surface area contributed by atoms with E-state index in [9.17, 15) is 4.79 Å². The Balaban J connectivity index is 1.56. The fourth-order valence-corrected chi connectivity index (χ4v) is 3.06. The lowest BCUT2D eigenvalue weighted by atomic mass is 10.3. The monoisotopic (exact) mass is 373 g/mol. The molecule has 2 heterocycles. The minimum absolute atomic E-state index is 0.134. The molecule has 1 aromatic carbocycles. The number of hydrogen-bond donors (Lipinski definition) is 0. The lowest BCUT2D eigenvalue weighted by molar-refractivity contribution is 0.0779. The van der Waals surface area contributed by atoms with Crippen LogP contribution >= 0.6 is 11.3 Å². The van der Waals surface area contributed by atoms with E-state index >= 15 is 0 Å². The van der Waals surface area contributed by atoms with Gasteiger partial charge in [-0.05, 0) is 31.2 Å². The summed E-state index contributed by atoms with van der Waals surface area (Å²) in [5.74, 6) is 1.52. The smallest absolute Gasteiger partial charge is 0.275 e. The second-order valence-corrected chi connectivity index (χ2v) is 6.58. The summed E-state index contributed by atoms with van der Waals surface area (Å²) in [6.45, 7) is 2.49. The van der Waals surface area contributed by atoms with E-state index in [1.165, 1.54) is 17.6 Å². The maximum atomic E-state index is 12.4. The Labute approximate surface area is 155 Å². The van der Waals surface area contributed by atoms with Crippen LogP contribution in [0.3, 0.4) is 0 Å². The number of hydrogen-bond acceptors (Lipinski definition) is 7. The second-order valence-electron chi connectivity index (χ2n) is 5.63. The number of rotatable bonds is 7. The molecule has 0 radical (unpaired) electrons. The van der Waals surface area contributed by atoms with Crippen LogP contribution in [-0.4, -0.2) is 34.9 Å². The number of aryl methyl sites for hydroxylation is 1. The number of methoxy groups -OCH3 is 1. The average Bonchev–Trinajstić information content (AvgIpc) is 3.28. The first-order valence-electron chi connectivity index (χ1n) is 7.93. The number of carbonyl (C=O) groups excluding carboxylic acids is 1. The van der Waals surface area contributed by atoms with Crippen LogP contribution < -0.4 is 9.47 Å². The SMILES string of the molecule is COc1ccc(OCc2nc(C(=O)N(C)Cc3nc(C)cs3)co2)cc1. The molecule has 0 fully saturated rings. The number of amides is 1. The molecule has 0 unspecified atom stereocenters. The molecule has 1 amide bonds. The van der Waals surface area contributed by atoms with Crippen LogP contribution in [0, 0.1) is 6.92 Å². The first-order valence-corrected chi connectivity index (χ1v) is 8.81. The van der Waals surface area contributed by atoms with Crippen LogP contribution in [0.1, 0.15) is 27.1 Å². The number of aromatic nitrogens is 2. The predicted octanol–water partition coefficient (Wildman–Crippen LogP) is 3.30. The van der Waals surface area contributed by atoms with Crippen LogP contribution in [0.25, 0.3) is 0 Å². The minimum atomic E-state index is -0.225. The van der Waals surface area contributed by atoms with Crippen molar-refractivity contribution in [3.05, 3.63) is 58.2 Å². The van der Waals surface area contributed by atoms with Crippen molar-refractivity contribution in [1.29, 1.82) is 0 Å². The van der Waals surface area contributed by atoms with E-state index in [1.807, 2.05) is 12.3 Å². The summed E-state index contributed by atoms with van der Waals surface area (Å²) in [5.41, 5.74) is 1.19. The van der Waals surface area contributed by atoms with Crippen molar-refractivity contribution in [2.45, 2.75) is 20.1 Å². The lowest BCUT2D eigenvalue weighted by Crippen LogP contribution is -2.26. The first-order chi connectivity index (χ1) is 12.5. The third kappa shape index (κ3) is 4.40. The molecule has 0 aliphatic heterocycles. The van der Waals surface area contributed by atoms with Gasteiger partial charge in [-0.2, -0.15) is 0 Å². The van der Waals surface area contributed by atoms with E-state index < -0.39 is 0 Å². The number of carbonyl (C=O) groups is 1. The van der Waals surface area contributed by atoms with Gasteiger partial charge in [0.25, 0.3) is 5.91 Å². The van der Waals surface area contributed by atoms with Crippen molar-refractivity contribution < 1.29 is 18.7 Å². The van der Waals surface area contributed by atoms with Gasteiger partial charge in [-0.1, -0.05) is 0 Å². The van der Waals surface area contributed by atoms with Gasteiger partial charge < -0.3 is 18.8 Å². The molecule has 0 atom stereocenters. The molecule has 2 aromatic heterocycles. The van der Waals surface area contributed by atoms with E-state index in [0.29, 0.717) is 18.2 Å². The molecule has 0 bridgehead atoms. The van der Waals surface area contributed by atoms with Crippen LogP contribution in [0.2, 0.25) is 0 Å². The zero-order valence-electron chi connectivity index (χ0n) is 14.8. The number of oxazole rings is 1. The van der Waals surface area contributed by atoms with Crippen molar-refractivity contribution in [2.75, 3.05) is 14.2 Å². The van der Waals surface area contributed by atoms with Crippen molar-refractivity contribution in [2.24, 2.45) is 0 Å². The molecule has 3 aromatic rings. The Bertz CT molecular complexity index is 873. The Hall–Kier alpha value is -2.87. The van der Waals surface area contributed by atoms with Crippen LogP contribution in [0.5, 0.6) is 11.5 Å². The summed E-state index contributed by atoms with van der Waals surface area (Å²) in [6, 6.07) is 7.18. The van der Waals surface area contributed by atoms with E-state index in [2.05, 4.69) is 9.97 Å². The fourth-order valence-electron chi connectivity index (χ4n) is 2.24. The highest BCUT2D eigenvalue weighted by molar-refractivity contribution is 7.09. The molecule has 0 spiro atoms. The molecule has 136 valence electrons. The maximum Gasteiger partial charge on any atom is 0.275 e. The summed E-state index contributed by atoms with van der Waals surface area (Å²) in [5, 5.41) is 2.84. The van der Waals surface area contributed by atoms with E-state index in [0.717, 1.165) is 16.5 Å². The van der Waals surface area contributed by atoms with E-state index in [-0.39, 0.29) is 18.2 Å². The summed E-state index contributed by atoms with van der Waals surface area (Å²) in [7, 11) is 3.31. The summed E-state index contributed by atoms with van der Waals surface area (Å²) in [4.78, 5) is 22.6. The topological polar surface area (TPSA) is 77.7 Å². The number of benzene rings is 1. The van der Waals surface area contributed by atoms with Crippen LogP contribution in [0.15, 0.2) is 40.3 Å². The number of ether oxygens (including phenoxy) is 2. The second kappa shape index (κ2) is 8.01. The molecule has 0 saturated carbocycles. The van der Waals surface area contributed by atoms with Gasteiger partial charge in [-0.15, -0.1) is 11.3 Å².